The summed E-state index contributed by atoms with van der Waals surface area (Å²) in [6, 6.07) is 1.48. The number of hydrogen-bond acceptors (Lipinski definition) is 6. The van der Waals surface area contributed by atoms with Gasteiger partial charge >= 0.3 is 6.03 Å². The van der Waals surface area contributed by atoms with Gasteiger partial charge in [0.1, 0.15) is 28.8 Å². The zero-order chi connectivity index (χ0) is 21.7. The predicted octanol–water partition coefficient (Wildman–Crippen LogP) is 2.49. The predicted molar refractivity (Wildman–Crippen MR) is 105 cm³/mol. The van der Waals surface area contributed by atoms with Gasteiger partial charge in [-0.3, -0.25) is 10.1 Å². The number of carbonyl (C=O) groups excluding carboxylic acids is 2. The Bertz CT molecular complexity index is 1050. The average molecular weight is 436 g/mol. The fourth-order valence-electron chi connectivity index (χ4n) is 2.50. The molecular weight excluding hydrogens is 418 g/mol. The molecule has 0 atom stereocenters. The number of halogens is 2. The van der Waals surface area contributed by atoms with Crippen LogP contribution < -0.4 is 21.1 Å². The first-order valence-electron chi connectivity index (χ1n) is 8.74. The second-order valence-electron chi connectivity index (χ2n) is 6.23. The average Bonchev–Trinajstić information content (AvgIpc) is 3.33. The van der Waals surface area contributed by atoms with Crippen LogP contribution in [-0.2, 0) is 13.0 Å². The molecule has 0 unspecified atom stereocenters. The molecule has 0 spiro atoms. The van der Waals surface area contributed by atoms with Crippen LogP contribution in [0.5, 0.6) is 5.88 Å². The summed E-state index contributed by atoms with van der Waals surface area (Å²) in [7, 11) is 0. The van der Waals surface area contributed by atoms with Crippen LogP contribution in [-0.4, -0.2) is 32.8 Å². The Labute approximate surface area is 173 Å². The van der Waals surface area contributed by atoms with Crippen molar-refractivity contribution in [3.63, 3.8) is 0 Å². The van der Waals surface area contributed by atoms with Crippen LogP contribution in [0.1, 0.15) is 27.2 Å². The molecule has 0 bridgehead atoms. The van der Waals surface area contributed by atoms with E-state index in [0.717, 1.165) is 29.4 Å². The topological polar surface area (TPSA) is 135 Å². The molecule has 0 aliphatic heterocycles. The molecule has 2 aromatic heterocycles. The maximum Gasteiger partial charge on any atom is 0.319 e. The number of anilines is 1. The first-order chi connectivity index (χ1) is 14.3. The number of urea groups is 1. The minimum absolute atomic E-state index is 0.0489. The van der Waals surface area contributed by atoms with E-state index >= 15 is 0 Å². The number of ether oxygens (including phenoxy) is 1. The fourth-order valence-corrected chi connectivity index (χ4v) is 3.24. The summed E-state index contributed by atoms with van der Waals surface area (Å²) < 4.78 is 36.9. The zero-order valence-corrected chi connectivity index (χ0v) is 16.6. The lowest BCUT2D eigenvalue weighted by molar-refractivity contribution is 0.0996. The maximum absolute atomic E-state index is 14.0. The molecule has 0 fully saturated rings. The van der Waals surface area contributed by atoms with Gasteiger partial charge in [-0.25, -0.2) is 18.6 Å². The van der Waals surface area contributed by atoms with Crippen molar-refractivity contribution >= 4 is 28.5 Å². The van der Waals surface area contributed by atoms with Gasteiger partial charge in [0.2, 0.25) is 5.88 Å². The second-order valence-corrected chi connectivity index (χ2v) is 7.00. The maximum atomic E-state index is 14.0. The van der Waals surface area contributed by atoms with E-state index in [1.807, 2.05) is 0 Å². The molecule has 0 saturated heterocycles. The Morgan fingerprint density at radius 2 is 2.10 bits per heavy atom. The van der Waals surface area contributed by atoms with E-state index in [4.69, 9.17) is 10.5 Å². The summed E-state index contributed by atoms with van der Waals surface area (Å²) in [6.07, 6.45) is 3.75. The summed E-state index contributed by atoms with van der Waals surface area (Å²) in [5.74, 6) is -2.31. The molecule has 9 nitrogen and oxygen atoms in total. The molecule has 158 valence electrons. The molecule has 12 heteroatoms. The van der Waals surface area contributed by atoms with Gasteiger partial charge in [-0.15, -0.1) is 0 Å². The highest BCUT2D eigenvalue weighted by Gasteiger charge is 2.22. The molecule has 3 rings (SSSR count). The van der Waals surface area contributed by atoms with Crippen molar-refractivity contribution in [2.24, 2.45) is 5.73 Å². The Hall–Kier alpha value is -3.54. The SMILES string of the molecule is Cc1cc(F)c(COc2nsc(NC(=O)NCCc3c[nH]cn3)c2C(N)=O)cc1F. The summed E-state index contributed by atoms with van der Waals surface area (Å²) in [6.45, 7) is 1.37. The second kappa shape index (κ2) is 9.31. The van der Waals surface area contributed by atoms with Crippen LogP contribution in [0.25, 0.3) is 0 Å². The van der Waals surface area contributed by atoms with E-state index in [0.29, 0.717) is 13.0 Å². The van der Waals surface area contributed by atoms with Crippen LogP contribution in [0.3, 0.4) is 0 Å². The zero-order valence-electron chi connectivity index (χ0n) is 15.8. The minimum Gasteiger partial charge on any atom is -0.471 e. The Morgan fingerprint density at radius 1 is 1.30 bits per heavy atom. The summed E-state index contributed by atoms with van der Waals surface area (Å²) in [5.41, 5.74) is 6.11. The number of rotatable bonds is 8. The number of primary amides is 1. The van der Waals surface area contributed by atoms with Crippen molar-refractivity contribution in [2.75, 3.05) is 11.9 Å². The number of carbonyl (C=O) groups is 2. The molecule has 2 heterocycles. The van der Waals surface area contributed by atoms with Gasteiger partial charge in [-0.05, 0) is 36.2 Å². The van der Waals surface area contributed by atoms with Gasteiger partial charge in [0.05, 0.1) is 12.0 Å². The fraction of sp³-hybridized carbons (Fsp3) is 0.222. The lowest BCUT2D eigenvalue weighted by Crippen LogP contribution is -2.31. The van der Waals surface area contributed by atoms with Gasteiger partial charge in [0.15, 0.2) is 0 Å². The monoisotopic (exact) mass is 436 g/mol. The number of nitrogens with two attached hydrogens (primary N) is 1. The van der Waals surface area contributed by atoms with E-state index in [2.05, 4.69) is 25.0 Å². The number of benzene rings is 1. The van der Waals surface area contributed by atoms with Crippen molar-refractivity contribution in [3.8, 4) is 5.88 Å². The number of amides is 3. The number of H-pyrrole nitrogens is 1. The van der Waals surface area contributed by atoms with Crippen molar-refractivity contribution < 1.29 is 23.1 Å². The lowest BCUT2D eigenvalue weighted by atomic mass is 10.1. The highest BCUT2D eigenvalue weighted by Crippen LogP contribution is 2.31. The molecule has 1 aromatic carbocycles. The van der Waals surface area contributed by atoms with Crippen LogP contribution in [0, 0.1) is 18.6 Å². The smallest absolute Gasteiger partial charge is 0.319 e. The minimum atomic E-state index is -0.888. The molecular formula is C18H18F2N6O3S. The number of aromatic nitrogens is 3. The highest BCUT2D eigenvalue weighted by atomic mass is 32.1. The summed E-state index contributed by atoms with van der Waals surface area (Å²) in [4.78, 5) is 30.7. The van der Waals surface area contributed by atoms with Crippen molar-refractivity contribution in [3.05, 3.63) is 58.7 Å². The highest BCUT2D eigenvalue weighted by molar-refractivity contribution is 7.11. The summed E-state index contributed by atoms with van der Waals surface area (Å²) in [5, 5.41) is 5.17. The van der Waals surface area contributed by atoms with E-state index in [1.54, 1.807) is 6.20 Å². The van der Waals surface area contributed by atoms with Crippen molar-refractivity contribution in [1.29, 1.82) is 0 Å². The quantitative estimate of drug-likeness (QED) is 0.430. The van der Waals surface area contributed by atoms with Crippen molar-refractivity contribution in [2.45, 2.75) is 20.0 Å². The molecule has 3 aromatic rings. The first-order valence-corrected chi connectivity index (χ1v) is 9.51. The van der Waals surface area contributed by atoms with Gasteiger partial charge in [-0.1, -0.05) is 0 Å². The number of aryl methyl sites for hydroxylation is 1. The molecule has 30 heavy (non-hydrogen) atoms. The Balaban J connectivity index is 1.63. The third-order valence-corrected chi connectivity index (χ3v) is 4.79. The van der Waals surface area contributed by atoms with E-state index in [9.17, 15) is 18.4 Å². The molecule has 0 aliphatic carbocycles. The molecule has 0 radical (unpaired) electrons. The largest absolute Gasteiger partial charge is 0.471 e. The van der Waals surface area contributed by atoms with Gasteiger partial charge in [-0.2, -0.15) is 4.37 Å². The number of nitrogens with one attached hydrogen (secondary N) is 3. The first kappa shape index (κ1) is 21.2. The normalized spacial score (nSPS) is 10.6. The molecule has 3 amide bonds. The molecule has 5 N–H and O–H groups in total. The Morgan fingerprint density at radius 3 is 2.80 bits per heavy atom. The number of imidazole rings is 1. The van der Waals surface area contributed by atoms with Crippen LogP contribution in [0.2, 0.25) is 0 Å². The standard InChI is InChI=1S/C18H18F2N6O3S/c1-9-4-13(20)10(5-12(9)19)7-29-16-14(15(21)27)17(30-26-16)25-18(28)23-3-2-11-6-22-8-24-11/h4-6,8H,2-3,7H2,1H3,(H2,21,27)(H,22,24)(H2,23,25,28). The number of hydrogen-bond donors (Lipinski definition) is 4. The Kier molecular flexibility index (Phi) is 6.57. The summed E-state index contributed by atoms with van der Waals surface area (Å²) >= 11 is 0.776. The van der Waals surface area contributed by atoms with Crippen molar-refractivity contribution in [1.82, 2.24) is 19.7 Å². The third-order valence-electron chi connectivity index (χ3n) is 4.05. The molecule has 0 aliphatic rings. The van der Waals surface area contributed by atoms with Gasteiger partial charge in [0, 0.05) is 24.7 Å². The number of aromatic amines is 1. The van der Waals surface area contributed by atoms with Crippen LogP contribution in [0.4, 0.5) is 18.6 Å². The number of nitrogens with zero attached hydrogens (tertiary/aromatic N) is 2. The van der Waals surface area contributed by atoms with E-state index in [-0.39, 0.29) is 34.2 Å². The van der Waals surface area contributed by atoms with Gasteiger partial charge in [0.25, 0.3) is 5.91 Å². The van der Waals surface area contributed by atoms with E-state index < -0.39 is 23.6 Å². The third kappa shape index (κ3) is 5.08. The molecule has 0 saturated carbocycles. The lowest BCUT2D eigenvalue weighted by Gasteiger charge is -2.08. The van der Waals surface area contributed by atoms with Crippen LogP contribution in [0.15, 0.2) is 24.7 Å². The van der Waals surface area contributed by atoms with Gasteiger partial charge < -0.3 is 20.8 Å². The van der Waals surface area contributed by atoms with E-state index in [1.165, 1.54) is 13.3 Å². The van der Waals surface area contributed by atoms with Crippen LogP contribution >= 0.6 is 11.5 Å².